The highest BCUT2D eigenvalue weighted by Crippen LogP contribution is 2.27. The molecular formula is C14H19N3O4. The number of hydrogen-bond acceptors (Lipinski definition) is 6. The molecule has 1 amide bonds. The highest BCUT2D eigenvalue weighted by molar-refractivity contribution is 5.81. The Morgan fingerprint density at radius 1 is 1.43 bits per heavy atom. The molecule has 7 heteroatoms. The summed E-state index contributed by atoms with van der Waals surface area (Å²) in [6, 6.07) is 5.25. The van der Waals surface area contributed by atoms with Crippen molar-refractivity contribution in [2.45, 2.75) is 0 Å². The molecule has 0 spiro atoms. The van der Waals surface area contributed by atoms with Gasteiger partial charge in [0.05, 0.1) is 26.5 Å². The third-order valence-corrected chi connectivity index (χ3v) is 3.13. The van der Waals surface area contributed by atoms with Gasteiger partial charge in [-0.3, -0.25) is 4.79 Å². The molecule has 1 aromatic carbocycles. The summed E-state index contributed by atoms with van der Waals surface area (Å²) in [6.45, 7) is 2.32. The fraction of sp³-hybridized carbons (Fsp3) is 0.429. The van der Waals surface area contributed by atoms with Crippen LogP contribution in [0.1, 0.15) is 5.56 Å². The summed E-state index contributed by atoms with van der Waals surface area (Å²) in [5.74, 6) is 6.08. The second-order valence-electron chi connectivity index (χ2n) is 4.47. The van der Waals surface area contributed by atoms with Gasteiger partial charge in [0, 0.05) is 13.1 Å². The molecule has 1 fully saturated rings. The summed E-state index contributed by atoms with van der Waals surface area (Å²) in [7, 11) is 1.54. The van der Waals surface area contributed by atoms with Gasteiger partial charge in [-0.1, -0.05) is 0 Å². The van der Waals surface area contributed by atoms with Crippen LogP contribution in [0.2, 0.25) is 0 Å². The van der Waals surface area contributed by atoms with Crippen LogP contribution in [0.5, 0.6) is 11.5 Å². The summed E-state index contributed by atoms with van der Waals surface area (Å²) < 4.78 is 16.0. The Morgan fingerprint density at radius 3 is 2.86 bits per heavy atom. The second-order valence-corrected chi connectivity index (χ2v) is 4.47. The third-order valence-electron chi connectivity index (χ3n) is 3.13. The first kappa shape index (κ1) is 15.1. The number of ether oxygens (including phenoxy) is 3. The van der Waals surface area contributed by atoms with Crippen LogP contribution in [-0.4, -0.2) is 57.0 Å². The molecule has 1 aliphatic heterocycles. The van der Waals surface area contributed by atoms with Gasteiger partial charge in [0.25, 0.3) is 5.91 Å². The lowest BCUT2D eigenvalue weighted by Crippen LogP contribution is -2.43. The molecule has 0 bridgehead atoms. The van der Waals surface area contributed by atoms with Gasteiger partial charge in [-0.25, -0.2) is 0 Å². The van der Waals surface area contributed by atoms with E-state index in [-0.39, 0.29) is 12.5 Å². The molecule has 0 unspecified atom stereocenters. The maximum Gasteiger partial charge on any atom is 0.260 e. The summed E-state index contributed by atoms with van der Waals surface area (Å²) in [4.78, 5) is 13.7. The van der Waals surface area contributed by atoms with Gasteiger partial charge in [-0.2, -0.15) is 5.10 Å². The van der Waals surface area contributed by atoms with Crippen LogP contribution in [0.4, 0.5) is 0 Å². The van der Waals surface area contributed by atoms with Crippen molar-refractivity contribution in [1.29, 1.82) is 0 Å². The maximum atomic E-state index is 12.0. The van der Waals surface area contributed by atoms with Crippen molar-refractivity contribution in [3.63, 3.8) is 0 Å². The van der Waals surface area contributed by atoms with Gasteiger partial charge >= 0.3 is 0 Å². The van der Waals surface area contributed by atoms with E-state index in [0.29, 0.717) is 37.8 Å². The van der Waals surface area contributed by atoms with Crippen molar-refractivity contribution in [2.24, 2.45) is 10.9 Å². The van der Waals surface area contributed by atoms with Gasteiger partial charge in [0.2, 0.25) is 0 Å². The number of methoxy groups -OCH3 is 1. The fourth-order valence-electron chi connectivity index (χ4n) is 2.01. The van der Waals surface area contributed by atoms with Crippen LogP contribution in [0.15, 0.2) is 23.3 Å². The molecule has 1 saturated heterocycles. The van der Waals surface area contributed by atoms with Crippen molar-refractivity contribution in [1.82, 2.24) is 4.90 Å². The van der Waals surface area contributed by atoms with Crippen LogP contribution in [-0.2, 0) is 9.53 Å². The number of nitrogens with zero attached hydrogens (tertiary/aromatic N) is 2. The molecule has 2 rings (SSSR count). The minimum atomic E-state index is -0.0621. The Labute approximate surface area is 123 Å². The number of carbonyl (C=O) groups is 1. The van der Waals surface area contributed by atoms with E-state index in [9.17, 15) is 4.79 Å². The average molecular weight is 293 g/mol. The molecule has 0 radical (unpaired) electrons. The van der Waals surface area contributed by atoms with E-state index in [2.05, 4.69) is 5.10 Å². The Hall–Kier alpha value is -2.28. The lowest BCUT2D eigenvalue weighted by atomic mass is 10.2. The van der Waals surface area contributed by atoms with Crippen molar-refractivity contribution < 1.29 is 19.0 Å². The zero-order chi connectivity index (χ0) is 15.1. The topological polar surface area (TPSA) is 86.4 Å². The first-order valence-electron chi connectivity index (χ1n) is 6.64. The summed E-state index contributed by atoms with van der Waals surface area (Å²) in [6.07, 6.45) is 1.51. The quantitative estimate of drug-likeness (QED) is 0.477. The largest absolute Gasteiger partial charge is 0.493 e. The minimum absolute atomic E-state index is 0.0271. The SMILES string of the molecule is COc1cc(/C=N\N)ccc1OCC(=O)N1CCOCC1. The van der Waals surface area contributed by atoms with Gasteiger partial charge < -0.3 is 25.0 Å². The van der Waals surface area contributed by atoms with Crippen LogP contribution < -0.4 is 15.3 Å². The van der Waals surface area contributed by atoms with Crippen LogP contribution in [0, 0.1) is 0 Å². The molecule has 1 heterocycles. The summed E-state index contributed by atoms with van der Waals surface area (Å²) in [5, 5.41) is 3.45. The highest BCUT2D eigenvalue weighted by atomic mass is 16.5. The van der Waals surface area contributed by atoms with Crippen LogP contribution >= 0.6 is 0 Å². The Morgan fingerprint density at radius 2 is 2.19 bits per heavy atom. The second kappa shape index (κ2) is 7.49. The third kappa shape index (κ3) is 4.09. The number of amides is 1. The molecule has 0 aromatic heterocycles. The molecular weight excluding hydrogens is 274 g/mol. The van der Waals surface area contributed by atoms with Gasteiger partial charge in [-0.05, 0) is 23.8 Å². The van der Waals surface area contributed by atoms with Crippen molar-refractivity contribution >= 4 is 12.1 Å². The molecule has 2 N–H and O–H groups in total. The normalized spacial score (nSPS) is 15.2. The Bertz CT molecular complexity index is 513. The van der Waals surface area contributed by atoms with Crippen molar-refractivity contribution in [3.05, 3.63) is 23.8 Å². The van der Waals surface area contributed by atoms with Crippen LogP contribution in [0.3, 0.4) is 0 Å². The first-order valence-corrected chi connectivity index (χ1v) is 6.64. The van der Waals surface area contributed by atoms with E-state index in [1.165, 1.54) is 13.3 Å². The molecule has 21 heavy (non-hydrogen) atoms. The van der Waals surface area contributed by atoms with E-state index in [1.807, 2.05) is 0 Å². The predicted molar refractivity (Wildman–Crippen MR) is 77.7 cm³/mol. The number of carbonyl (C=O) groups excluding carboxylic acids is 1. The van der Waals surface area contributed by atoms with Gasteiger partial charge in [-0.15, -0.1) is 0 Å². The maximum absolute atomic E-state index is 12.0. The number of hydrogen-bond donors (Lipinski definition) is 1. The molecule has 0 aliphatic carbocycles. The van der Waals surface area contributed by atoms with Gasteiger partial charge in [0.15, 0.2) is 18.1 Å². The number of morpholine rings is 1. The minimum Gasteiger partial charge on any atom is -0.493 e. The number of hydrazone groups is 1. The molecule has 7 nitrogen and oxygen atoms in total. The molecule has 1 aliphatic rings. The zero-order valence-corrected chi connectivity index (χ0v) is 11.9. The molecule has 0 saturated carbocycles. The van der Waals surface area contributed by atoms with Crippen LogP contribution in [0.25, 0.3) is 0 Å². The van der Waals surface area contributed by atoms with E-state index in [1.54, 1.807) is 23.1 Å². The standard InChI is InChI=1S/C14H19N3O4/c1-19-13-8-11(9-16-15)2-3-12(13)21-10-14(18)17-4-6-20-7-5-17/h2-3,8-9H,4-7,10,15H2,1H3/b16-9-. The Kier molecular flexibility index (Phi) is 5.39. The molecule has 114 valence electrons. The number of benzene rings is 1. The Balaban J connectivity index is 1.97. The highest BCUT2D eigenvalue weighted by Gasteiger charge is 2.17. The van der Waals surface area contributed by atoms with Gasteiger partial charge in [0.1, 0.15) is 0 Å². The summed E-state index contributed by atoms with van der Waals surface area (Å²) >= 11 is 0. The lowest BCUT2D eigenvalue weighted by molar-refractivity contribution is -0.137. The van der Waals surface area contributed by atoms with E-state index in [4.69, 9.17) is 20.1 Å². The number of nitrogens with two attached hydrogens (primary N) is 1. The van der Waals surface area contributed by atoms with Crippen molar-refractivity contribution in [3.8, 4) is 11.5 Å². The number of rotatable bonds is 5. The smallest absolute Gasteiger partial charge is 0.260 e. The summed E-state index contributed by atoms with van der Waals surface area (Å²) in [5.41, 5.74) is 0.793. The predicted octanol–water partition coefficient (Wildman–Crippen LogP) is 0.225. The monoisotopic (exact) mass is 293 g/mol. The fourth-order valence-corrected chi connectivity index (χ4v) is 2.01. The first-order chi connectivity index (χ1) is 10.2. The van der Waals surface area contributed by atoms with E-state index in [0.717, 1.165) is 5.56 Å². The molecule has 0 atom stereocenters. The molecule has 1 aromatic rings. The van der Waals surface area contributed by atoms with Crippen molar-refractivity contribution in [2.75, 3.05) is 40.0 Å². The lowest BCUT2D eigenvalue weighted by Gasteiger charge is -2.26. The van der Waals surface area contributed by atoms with E-state index >= 15 is 0 Å². The zero-order valence-electron chi connectivity index (χ0n) is 11.9. The average Bonchev–Trinajstić information content (AvgIpc) is 2.54. The van der Waals surface area contributed by atoms with E-state index < -0.39 is 0 Å².